The Morgan fingerprint density at radius 2 is 2.11 bits per heavy atom. The number of carbonyl (C=O) groups is 1. The second kappa shape index (κ2) is 6.44. The molecule has 5 nitrogen and oxygen atoms in total. The number of rotatable bonds is 4. The number of ether oxygens (including phenoxy) is 1. The largest absolute Gasteiger partial charge is 0.444 e. The van der Waals surface area contributed by atoms with E-state index in [4.69, 9.17) is 16.3 Å². The quantitative estimate of drug-likeness (QED) is 0.827. The van der Waals surface area contributed by atoms with Crippen molar-refractivity contribution >= 4 is 23.5 Å². The number of aromatic nitrogens is 1. The van der Waals surface area contributed by atoms with Crippen molar-refractivity contribution in [2.24, 2.45) is 0 Å². The zero-order valence-electron chi connectivity index (χ0n) is 10.8. The van der Waals surface area contributed by atoms with Gasteiger partial charge in [-0.1, -0.05) is 11.6 Å². The van der Waals surface area contributed by atoms with Crippen LogP contribution in [0.25, 0.3) is 0 Å². The lowest BCUT2D eigenvalue weighted by Gasteiger charge is -2.19. The summed E-state index contributed by atoms with van der Waals surface area (Å²) < 4.78 is 5.09. The molecule has 1 aromatic heterocycles. The van der Waals surface area contributed by atoms with Crippen LogP contribution in [0.3, 0.4) is 0 Å². The molecule has 0 aliphatic heterocycles. The van der Waals surface area contributed by atoms with Gasteiger partial charge in [0, 0.05) is 19.3 Å². The van der Waals surface area contributed by atoms with Gasteiger partial charge in [0.2, 0.25) is 0 Å². The third-order valence-electron chi connectivity index (χ3n) is 1.83. The van der Waals surface area contributed by atoms with E-state index in [1.165, 1.54) is 0 Å². The normalized spacial score (nSPS) is 10.9. The average Bonchev–Trinajstić information content (AvgIpc) is 2.24. The van der Waals surface area contributed by atoms with Crippen LogP contribution in [0.2, 0.25) is 5.02 Å². The predicted octanol–water partition coefficient (Wildman–Crippen LogP) is 2.67. The van der Waals surface area contributed by atoms with E-state index in [1.807, 2.05) is 20.8 Å². The third kappa shape index (κ3) is 6.30. The molecule has 0 radical (unpaired) electrons. The number of amides is 1. The number of nitrogens with one attached hydrogen (secondary N) is 2. The summed E-state index contributed by atoms with van der Waals surface area (Å²) in [5, 5.41) is 6.28. The SMILES string of the molecule is CC(C)(C)OC(=O)NCCNc1ccc(Cl)cn1. The Kier molecular flexibility index (Phi) is 5.22. The Balaban J connectivity index is 2.19. The molecule has 0 aliphatic carbocycles. The minimum atomic E-state index is -0.477. The van der Waals surface area contributed by atoms with E-state index in [-0.39, 0.29) is 0 Å². The monoisotopic (exact) mass is 271 g/mol. The van der Waals surface area contributed by atoms with Gasteiger partial charge in [-0.15, -0.1) is 0 Å². The summed E-state index contributed by atoms with van der Waals surface area (Å²) in [4.78, 5) is 15.4. The molecule has 0 aliphatic rings. The molecule has 0 fully saturated rings. The molecule has 6 heteroatoms. The van der Waals surface area contributed by atoms with Crippen molar-refractivity contribution in [3.8, 4) is 0 Å². The minimum Gasteiger partial charge on any atom is -0.444 e. The maximum absolute atomic E-state index is 11.3. The van der Waals surface area contributed by atoms with Gasteiger partial charge in [0.05, 0.1) is 5.02 Å². The standard InChI is InChI=1S/C12H18ClN3O2/c1-12(2,3)18-11(17)15-7-6-14-10-5-4-9(13)8-16-10/h4-5,8H,6-7H2,1-3H3,(H,14,16)(H,15,17). The maximum Gasteiger partial charge on any atom is 0.407 e. The fourth-order valence-electron chi connectivity index (χ4n) is 1.15. The van der Waals surface area contributed by atoms with Crippen LogP contribution in [-0.2, 0) is 4.74 Å². The number of hydrogen-bond acceptors (Lipinski definition) is 4. The summed E-state index contributed by atoms with van der Waals surface area (Å²) in [6.07, 6.45) is 1.14. The molecule has 100 valence electrons. The van der Waals surface area contributed by atoms with Gasteiger partial charge in [0.25, 0.3) is 0 Å². The zero-order chi connectivity index (χ0) is 13.6. The molecule has 18 heavy (non-hydrogen) atoms. The van der Waals surface area contributed by atoms with Crippen molar-refractivity contribution < 1.29 is 9.53 Å². The number of nitrogens with zero attached hydrogens (tertiary/aromatic N) is 1. The topological polar surface area (TPSA) is 63.2 Å². The summed E-state index contributed by atoms with van der Waals surface area (Å²) in [5.41, 5.74) is -0.477. The zero-order valence-corrected chi connectivity index (χ0v) is 11.5. The lowest BCUT2D eigenvalue weighted by molar-refractivity contribution is 0.0530. The van der Waals surface area contributed by atoms with Gasteiger partial charge in [-0.3, -0.25) is 0 Å². The van der Waals surface area contributed by atoms with Crippen molar-refractivity contribution in [3.63, 3.8) is 0 Å². The molecule has 2 N–H and O–H groups in total. The van der Waals surface area contributed by atoms with E-state index >= 15 is 0 Å². The van der Waals surface area contributed by atoms with Crippen LogP contribution >= 0.6 is 11.6 Å². The lowest BCUT2D eigenvalue weighted by atomic mass is 10.2. The molecular weight excluding hydrogens is 254 g/mol. The van der Waals surface area contributed by atoms with Crippen LogP contribution in [-0.4, -0.2) is 29.8 Å². The molecule has 0 saturated heterocycles. The molecule has 1 amide bonds. The molecule has 1 heterocycles. The van der Waals surface area contributed by atoms with Crippen LogP contribution in [0.15, 0.2) is 18.3 Å². The Hall–Kier alpha value is -1.49. The molecule has 1 rings (SSSR count). The van der Waals surface area contributed by atoms with E-state index in [9.17, 15) is 4.79 Å². The number of pyridine rings is 1. The highest BCUT2D eigenvalue weighted by Crippen LogP contribution is 2.09. The van der Waals surface area contributed by atoms with Gasteiger partial charge < -0.3 is 15.4 Å². The lowest BCUT2D eigenvalue weighted by Crippen LogP contribution is -2.35. The highest BCUT2D eigenvalue weighted by molar-refractivity contribution is 6.30. The Morgan fingerprint density at radius 3 is 2.67 bits per heavy atom. The summed E-state index contributed by atoms with van der Waals surface area (Å²) >= 11 is 5.71. The molecule has 0 atom stereocenters. The van der Waals surface area contributed by atoms with E-state index in [2.05, 4.69) is 15.6 Å². The van der Waals surface area contributed by atoms with E-state index < -0.39 is 11.7 Å². The summed E-state index contributed by atoms with van der Waals surface area (Å²) in [6.45, 7) is 6.49. The van der Waals surface area contributed by atoms with Gasteiger partial charge in [0.15, 0.2) is 0 Å². The molecular formula is C12H18ClN3O2. The van der Waals surface area contributed by atoms with Crippen molar-refractivity contribution in [3.05, 3.63) is 23.4 Å². The number of anilines is 1. The molecule has 0 spiro atoms. The van der Waals surface area contributed by atoms with E-state index in [1.54, 1.807) is 18.3 Å². The molecule has 0 aromatic carbocycles. The van der Waals surface area contributed by atoms with Crippen molar-refractivity contribution in [1.29, 1.82) is 0 Å². The minimum absolute atomic E-state index is 0.423. The second-order valence-corrected chi connectivity index (χ2v) is 5.15. The van der Waals surface area contributed by atoms with Crippen LogP contribution in [0.1, 0.15) is 20.8 Å². The fraction of sp³-hybridized carbons (Fsp3) is 0.500. The summed E-state index contributed by atoms with van der Waals surface area (Å²) in [6, 6.07) is 3.52. The van der Waals surface area contributed by atoms with Crippen molar-refractivity contribution in [2.75, 3.05) is 18.4 Å². The second-order valence-electron chi connectivity index (χ2n) is 4.72. The molecule has 0 unspecified atom stereocenters. The smallest absolute Gasteiger partial charge is 0.407 e. The van der Waals surface area contributed by atoms with Crippen LogP contribution in [0.4, 0.5) is 10.6 Å². The summed E-state index contributed by atoms with van der Waals surface area (Å²) in [7, 11) is 0. The Bertz CT molecular complexity index is 387. The highest BCUT2D eigenvalue weighted by Gasteiger charge is 2.15. The third-order valence-corrected chi connectivity index (χ3v) is 2.05. The first-order valence-electron chi connectivity index (χ1n) is 5.69. The van der Waals surface area contributed by atoms with Crippen LogP contribution < -0.4 is 10.6 Å². The van der Waals surface area contributed by atoms with Gasteiger partial charge in [-0.05, 0) is 32.9 Å². The van der Waals surface area contributed by atoms with Gasteiger partial charge in [-0.25, -0.2) is 9.78 Å². The maximum atomic E-state index is 11.3. The average molecular weight is 272 g/mol. The Morgan fingerprint density at radius 1 is 1.39 bits per heavy atom. The number of hydrogen-bond donors (Lipinski definition) is 2. The van der Waals surface area contributed by atoms with E-state index in [0.29, 0.717) is 23.9 Å². The fourth-order valence-corrected chi connectivity index (χ4v) is 1.26. The molecule has 0 bridgehead atoms. The predicted molar refractivity (Wildman–Crippen MR) is 72.0 cm³/mol. The van der Waals surface area contributed by atoms with Crippen LogP contribution in [0, 0.1) is 0 Å². The summed E-state index contributed by atoms with van der Waals surface area (Å²) in [5.74, 6) is 0.713. The molecule has 1 aromatic rings. The Labute approximate surface area is 112 Å². The number of halogens is 1. The first-order valence-corrected chi connectivity index (χ1v) is 6.07. The van der Waals surface area contributed by atoms with Crippen molar-refractivity contribution in [2.45, 2.75) is 26.4 Å². The van der Waals surface area contributed by atoms with Gasteiger partial charge >= 0.3 is 6.09 Å². The first kappa shape index (κ1) is 14.6. The van der Waals surface area contributed by atoms with E-state index in [0.717, 1.165) is 0 Å². The van der Waals surface area contributed by atoms with Crippen LogP contribution in [0.5, 0.6) is 0 Å². The van der Waals surface area contributed by atoms with Gasteiger partial charge in [-0.2, -0.15) is 0 Å². The first-order chi connectivity index (χ1) is 8.37. The van der Waals surface area contributed by atoms with Gasteiger partial charge in [0.1, 0.15) is 11.4 Å². The number of carbonyl (C=O) groups excluding carboxylic acids is 1. The van der Waals surface area contributed by atoms with Crippen molar-refractivity contribution in [1.82, 2.24) is 10.3 Å². The molecule has 0 saturated carbocycles. The highest BCUT2D eigenvalue weighted by atomic mass is 35.5. The number of alkyl carbamates (subject to hydrolysis) is 1.